The molecule has 17 heteroatoms. The number of methoxy groups -OCH3 is 1. The van der Waals surface area contributed by atoms with Crippen molar-refractivity contribution in [2.24, 2.45) is 11.8 Å². The van der Waals surface area contributed by atoms with Crippen LogP contribution in [0.2, 0.25) is 0 Å². The average molecular weight is 1050 g/mol. The van der Waals surface area contributed by atoms with Crippen molar-refractivity contribution in [1.82, 2.24) is 30.0 Å². The molecule has 78 heavy (non-hydrogen) atoms. The van der Waals surface area contributed by atoms with Gasteiger partial charge in [-0.2, -0.15) is 0 Å². The van der Waals surface area contributed by atoms with Gasteiger partial charge < -0.3 is 34.4 Å². The molecule has 5 heterocycles. The van der Waals surface area contributed by atoms with Crippen molar-refractivity contribution >= 4 is 41.4 Å². The van der Waals surface area contributed by atoms with Gasteiger partial charge in [-0.1, -0.05) is 129 Å². The number of amides is 4. The number of ether oxygens (including phenoxy) is 3. The molecule has 0 saturated carbocycles. The van der Waals surface area contributed by atoms with Gasteiger partial charge in [0.25, 0.3) is 0 Å². The van der Waals surface area contributed by atoms with Crippen molar-refractivity contribution in [3.63, 3.8) is 0 Å². The van der Waals surface area contributed by atoms with Gasteiger partial charge in [0, 0.05) is 50.7 Å². The van der Waals surface area contributed by atoms with Crippen LogP contribution in [0.1, 0.15) is 65.4 Å². The smallest absolute Gasteiger partial charge is 0.329 e. The molecule has 17 nitrogen and oxygen atoms in total. The maximum absolute atomic E-state index is 17.0. The van der Waals surface area contributed by atoms with Crippen LogP contribution < -0.4 is 19.9 Å². The summed E-state index contributed by atoms with van der Waals surface area (Å²) in [5, 5.41) is 12.5. The first-order valence-corrected chi connectivity index (χ1v) is 26.3. The van der Waals surface area contributed by atoms with Crippen LogP contribution in [0.3, 0.4) is 0 Å². The van der Waals surface area contributed by atoms with E-state index in [2.05, 4.69) is 32.0 Å². The summed E-state index contributed by atoms with van der Waals surface area (Å²) in [6.45, 7) is 5.38. The molecule has 400 valence electrons. The molecule has 5 aromatic carbocycles. The molecule has 2 N–H and O–H groups in total. The second kappa shape index (κ2) is 23.0. The molecular weight excluding hydrogens is 989 g/mol. The van der Waals surface area contributed by atoms with Crippen molar-refractivity contribution in [3.8, 4) is 17.6 Å². The molecule has 4 aliphatic heterocycles. The minimum absolute atomic E-state index is 0.0204. The highest BCUT2D eigenvalue weighted by Gasteiger charge is 2.76. The highest BCUT2D eigenvalue weighted by molar-refractivity contribution is 6.25. The summed E-state index contributed by atoms with van der Waals surface area (Å²) in [6, 6.07) is 37.4. The van der Waals surface area contributed by atoms with E-state index in [9.17, 15) is 9.90 Å². The van der Waals surface area contributed by atoms with E-state index in [0.29, 0.717) is 54.6 Å². The lowest BCUT2D eigenvalue weighted by Gasteiger charge is -2.46. The van der Waals surface area contributed by atoms with Gasteiger partial charge in [-0.15, -0.1) is 0 Å². The molecule has 1 aromatic heterocycles. The lowest BCUT2D eigenvalue weighted by Crippen LogP contribution is -2.60. The monoisotopic (exact) mass is 1050 g/mol. The quantitative estimate of drug-likeness (QED) is 0.0921. The number of cyclic esters (lactones) is 1. The number of piperazine rings is 1. The normalized spacial score (nSPS) is 22.1. The number of carbonyl (C=O) groups excluding carboxylic acids is 5. The summed E-state index contributed by atoms with van der Waals surface area (Å²) in [7, 11) is 3.20. The number of anilines is 2. The van der Waals surface area contributed by atoms with Gasteiger partial charge in [0.05, 0.1) is 44.0 Å². The van der Waals surface area contributed by atoms with E-state index < -0.39 is 77.3 Å². The van der Waals surface area contributed by atoms with Crippen LogP contribution >= 0.6 is 0 Å². The number of aromatic nitrogens is 2. The number of imide groups is 1. The minimum atomic E-state index is -2.08. The summed E-state index contributed by atoms with van der Waals surface area (Å²) in [5.74, 6) is 2.85. The molecule has 6 aromatic rings. The topological polar surface area (TPSA) is 187 Å². The molecule has 10 rings (SSSR count). The van der Waals surface area contributed by atoms with E-state index in [1.165, 1.54) is 7.11 Å². The SMILES string of the molecule is COC(=O)C(NC(=O)N1C(=O)C2(c3cc(C#CCN(C)Cc4ccccc4)ccc31)C(C(=O)N1CCN(c3ncccn3)CC1)C1C(=O)OC(c3ccccc3)C(c3ccccc3)N1C2c1ccc(OCCO)cc1)C(C)C. The molecule has 3 saturated heterocycles. The van der Waals surface area contributed by atoms with Crippen LogP contribution in [-0.2, 0) is 40.6 Å². The number of nitrogens with one attached hydrogen (secondary N) is 1. The second-order valence-corrected chi connectivity index (χ2v) is 20.3. The van der Waals surface area contributed by atoms with Gasteiger partial charge in [-0.05, 0) is 77.2 Å². The first-order chi connectivity index (χ1) is 37.9. The molecule has 0 aliphatic carbocycles. The van der Waals surface area contributed by atoms with Gasteiger partial charge in [-0.3, -0.25) is 24.2 Å². The Bertz CT molecular complexity index is 3190. The number of urea groups is 1. The number of esters is 2. The first-order valence-electron chi connectivity index (χ1n) is 26.3. The molecule has 0 radical (unpaired) electrons. The van der Waals surface area contributed by atoms with Crippen LogP contribution in [0.25, 0.3) is 0 Å². The second-order valence-electron chi connectivity index (χ2n) is 20.3. The third kappa shape index (κ3) is 10.1. The number of hydrogen-bond donors (Lipinski definition) is 2. The van der Waals surface area contributed by atoms with Crippen LogP contribution in [0.5, 0.6) is 5.75 Å². The van der Waals surface area contributed by atoms with E-state index in [4.69, 9.17) is 14.2 Å². The Kier molecular flexibility index (Phi) is 15.7. The lowest BCUT2D eigenvalue weighted by atomic mass is 9.64. The van der Waals surface area contributed by atoms with Crippen molar-refractivity contribution in [3.05, 3.63) is 185 Å². The Morgan fingerprint density at radius 3 is 2.12 bits per heavy atom. The van der Waals surface area contributed by atoms with Crippen LogP contribution in [0, 0.1) is 23.7 Å². The Morgan fingerprint density at radius 1 is 0.821 bits per heavy atom. The number of benzene rings is 5. The van der Waals surface area contributed by atoms with Gasteiger partial charge in [0.15, 0.2) is 0 Å². The van der Waals surface area contributed by atoms with Crippen LogP contribution in [0.4, 0.5) is 16.4 Å². The lowest BCUT2D eigenvalue weighted by molar-refractivity contribution is -0.179. The largest absolute Gasteiger partial charge is 0.491 e. The highest BCUT2D eigenvalue weighted by atomic mass is 16.6. The standard InChI is InChI=1S/C61H62N8O9/c1-40(2)50(56(72)76-4)64-60(75)68-48-28-23-41(18-14-31-65(3)39-42-16-8-5-9-17-42)38-47(48)61(58(68)74)49(55(71)66-32-34-67(35-33-66)59-62-29-15-30-63-59)52-57(73)78-53(44-21-12-7-13-22-44)51(43-19-10-6-11-20-43)69(52)54(61)45-24-26-46(27-25-45)77-37-36-70/h5-13,15-17,19-30,38,40,49-54,70H,31-37,39H2,1-4H3,(H,64,75). The molecule has 0 bridgehead atoms. The highest BCUT2D eigenvalue weighted by Crippen LogP contribution is 2.66. The summed E-state index contributed by atoms with van der Waals surface area (Å²) in [6.07, 6.45) is 2.37. The van der Waals surface area contributed by atoms with Gasteiger partial charge >= 0.3 is 18.0 Å². The number of aliphatic hydroxyl groups is 1. The molecule has 1 spiro atoms. The van der Waals surface area contributed by atoms with E-state index in [1.54, 1.807) is 79.7 Å². The minimum Gasteiger partial charge on any atom is -0.491 e. The summed E-state index contributed by atoms with van der Waals surface area (Å²) < 4.78 is 17.7. The molecular formula is C61H62N8O9. The Labute approximate surface area is 453 Å². The molecule has 7 unspecified atom stereocenters. The van der Waals surface area contributed by atoms with Crippen LogP contribution in [-0.4, -0.2) is 132 Å². The van der Waals surface area contributed by atoms with Crippen LogP contribution in [0.15, 0.2) is 152 Å². The zero-order valence-corrected chi connectivity index (χ0v) is 44.0. The third-order valence-corrected chi connectivity index (χ3v) is 15.2. The molecule has 4 aliphatic rings. The van der Waals surface area contributed by atoms with E-state index >= 15 is 19.2 Å². The van der Waals surface area contributed by atoms with Crippen molar-refractivity contribution in [2.75, 3.05) is 69.9 Å². The first kappa shape index (κ1) is 53.0. The van der Waals surface area contributed by atoms with Gasteiger partial charge in [0.1, 0.15) is 36.0 Å². The number of carbonyl (C=O) groups is 5. The summed E-state index contributed by atoms with van der Waals surface area (Å²) >= 11 is 0. The fourth-order valence-electron chi connectivity index (χ4n) is 11.7. The molecule has 7 atom stereocenters. The predicted molar refractivity (Wildman–Crippen MR) is 291 cm³/mol. The summed E-state index contributed by atoms with van der Waals surface area (Å²) in [5.41, 5.74) is 1.92. The van der Waals surface area contributed by atoms with Crippen molar-refractivity contribution in [2.45, 2.75) is 56.1 Å². The van der Waals surface area contributed by atoms with Crippen molar-refractivity contribution in [1.29, 1.82) is 0 Å². The van der Waals surface area contributed by atoms with Gasteiger partial charge in [0.2, 0.25) is 17.8 Å². The number of aliphatic hydroxyl groups excluding tert-OH is 1. The van der Waals surface area contributed by atoms with E-state index in [-0.39, 0.29) is 37.6 Å². The molecule has 4 amide bonds. The van der Waals surface area contributed by atoms with E-state index in [1.807, 2.05) is 108 Å². The Hall–Kier alpha value is -8.43. The zero-order chi connectivity index (χ0) is 54.5. The number of hydrogen-bond acceptors (Lipinski definition) is 14. The number of morpholine rings is 1. The zero-order valence-electron chi connectivity index (χ0n) is 44.0. The van der Waals surface area contributed by atoms with Crippen molar-refractivity contribution < 1.29 is 43.3 Å². The third-order valence-electron chi connectivity index (χ3n) is 15.2. The Morgan fingerprint density at radius 2 is 1.47 bits per heavy atom. The van der Waals surface area contributed by atoms with E-state index in [0.717, 1.165) is 16.0 Å². The summed E-state index contributed by atoms with van der Waals surface area (Å²) in [4.78, 5) is 95.5. The Balaban J connectivity index is 1.21. The predicted octanol–water partition coefficient (Wildman–Crippen LogP) is 6.25. The fraction of sp³-hybridized carbons (Fsp3) is 0.328. The number of nitrogens with zero attached hydrogens (tertiary/aromatic N) is 7. The maximum Gasteiger partial charge on any atom is 0.329 e. The average Bonchev–Trinajstić information content (AvgIpc) is 2.65. The fourth-order valence-corrected chi connectivity index (χ4v) is 11.7. The number of fused-ring (bicyclic) bond motifs is 3. The maximum atomic E-state index is 17.0. The molecule has 3 fully saturated rings. The number of rotatable bonds is 14. The van der Waals surface area contributed by atoms with Gasteiger partial charge in [-0.25, -0.2) is 24.5 Å².